The van der Waals surface area contributed by atoms with Gasteiger partial charge >= 0.3 is 0 Å². The zero-order valence-corrected chi connectivity index (χ0v) is 14.0. The van der Waals surface area contributed by atoms with Crippen LogP contribution in [0, 0.1) is 5.82 Å². The Bertz CT molecular complexity index is 765. The maximum Gasteiger partial charge on any atom is 0.258 e. The van der Waals surface area contributed by atoms with Crippen LogP contribution in [-0.4, -0.2) is 18.9 Å². The first kappa shape index (κ1) is 17.0. The van der Waals surface area contributed by atoms with Gasteiger partial charge in [-0.25, -0.2) is 4.39 Å². The summed E-state index contributed by atoms with van der Waals surface area (Å²) in [6, 6.07) is 8.92. The number of carbonyl (C=O) groups excluding carboxylic acids is 2. The summed E-state index contributed by atoms with van der Waals surface area (Å²) in [4.78, 5) is 23.4. The molecule has 0 aliphatic heterocycles. The summed E-state index contributed by atoms with van der Waals surface area (Å²) >= 11 is 3.14. The van der Waals surface area contributed by atoms with Crippen LogP contribution < -0.4 is 15.4 Å². The lowest BCUT2D eigenvalue weighted by Gasteiger charge is -2.12. The van der Waals surface area contributed by atoms with Crippen LogP contribution in [0.3, 0.4) is 0 Å². The van der Waals surface area contributed by atoms with Gasteiger partial charge in [-0.2, -0.15) is 0 Å². The van der Waals surface area contributed by atoms with Crippen LogP contribution in [-0.2, 0) is 4.79 Å². The van der Waals surface area contributed by atoms with E-state index in [9.17, 15) is 14.0 Å². The molecule has 0 radical (unpaired) electrons. The minimum atomic E-state index is -0.645. The van der Waals surface area contributed by atoms with Crippen molar-refractivity contribution < 1.29 is 18.7 Å². The fraction of sp³-hybridized carbons (Fsp3) is 0.125. The van der Waals surface area contributed by atoms with Gasteiger partial charge in [0.15, 0.2) is 0 Å². The molecule has 2 aromatic rings. The first-order chi connectivity index (χ1) is 10.9. The van der Waals surface area contributed by atoms with Gasteiger partial charge in [0.05, 0.1) is 18.4 Å². The van der Waals surface area contributed by atoms with Crippen LogP contribution in [0.4, 0.5) is 15.8 Å². The lowest BCUT2D eigenvalue weighted by molar-refractivity contribution is -0.114. The van der Waals surface area contributed by atoms with Crippen LogP contribution in [0.25, 0.3) is 0 Å². The van der Waals surface area contributed by atoms with Gasteiger partial charge in [-0.15, -0.1) is 0 Å². The van der Waals surface area contributed by atoms with Gasteiger partial charge < -0.3 is 15.4 Å². The molecule has 0 bridgehead atoms. The number of carbonyl (C=O) groups is 2. The van der Waals surface area contributed by atoms with E-state index in [2.05, 4.69) is 26.6 Å². The Kier molecular flexibility index (Phi) is 5.33. The van der Waals surface area contributed by atoms with Crippen molar-refractivity contribution in [1.29, 1.82) is 0 Å². The Balaban J connectivity index is 2.30. The van der Waals surface area contributed by atoms with Gasteiger partial charge in [0.1, 0.15) is 11.6 Å². The summed E-state index contributed by atoms with van der Waals surface area (Å²) in [6.45, 7) is 1.37. The standard InChI is InChI=1S/C16H14BrFN2O3/c1-9(21)19-11-4-6-15(23-2)14(8-11)20-16(22)12-5-3-10(17)7-13(12)18/h3-8H,1-2H3,(H,19,21)(H,20,22). The lowest BCUT2D eigenvalue weighted by atomic mass is 10.2. The van der Waals surface area contributed by atoms with E-state index in [-0.39, 0.29) is 11.5 Å². The Hall–Kier alpha value is -2.41. The quantitative estimate of drug-likeness (QED) is 0.847. The molecular weight excluding hydrogens is 367 g/mol. The molecule has 0 fully saturated rings. The van der Waals surface area contributed by atoms with Gasteiger partial charge in [0.2, 0.25) is 5.91 Å². The summed E-state index contributed by atoms with van der Waals surface area (Å²) in [5.41, 5.74) is 0.719. The molecule has 120 valence electrons. The number of hydrogen-bond acceptors (Lipinski definition) is 3. The van der Waals surface area contributed by atoms with Gasteiger partial charge in [0, 0.05) is 17.1 Å². The monoisotopic (exact) mass is 380 g/mol. The summed E-state index contributed by atoms with van der Waals surface area (Å²) in [5.74, 6) is -1.11. The topological polar surface area (TPSA) is 67.4 Å². The van der Waals surface area contributed by atoms with Crippen molar-refractivity contribution in [2.24, 2.45) is 0 Å². The number of methoxy groups -OCH3 is 1. The Morgan fingerprint density at radius 3 is 2.48 bits per heavy atom. The second-order valence-corrected chi connectivity index (χ2v) is 5.59. The minimum Gasteiger partial charge on any atom is -0.495 e. The van der Waals surface area contributed by atoms with Crippen LogP contribution in [0.15, 0.2) is 40.9 Å². The fourth-order valence-corrected chi connectivity index (χ4v) is 2.28. The van der Waals surface area contributed by atoms with E-state index in [4.69, 9.17) is 4.74 Å². The van der Waals surface area contributed by atoms with Crippen molar-refractivity contribution in [3.63, 3.8) is 0 Å². The normalized spacial score (nSPS) is 10.1. The van der Waals surface area contributed by atoms with Crippen LogP contribution in [0.5, 0.6) is 5.75 Å². The van der Waals surface area contributed by atoms with Crippen molar-refractivity contribution in [1.82, 2.24) is 0 Å². The van der Waals surface area contributed by atoms with Crippen molar-refractivity contribution in [2.75, 3.05) is 17.7 Å². The Labute approximate surface area is 141 Å². The van der Waals surface area contributed by atoms with Crippen molar-refractivity contribution >= 4 is 39.1 Å². The Morgan fingerprint density at radius 2 is 1.87 bits per heavy atom. The molecule has 0 unspecified atom stereocenters. The zero-order chi connectivity index (χ0) is 17.0. The maximum atomic E-state index is 13.9. The van der Waals surface area contributed by atoms with Gasteiger partial charge in [-0.1, -0.05) is 15.9 Å². The van der Waals surface area contributed by atoms with Crippen LogP contribution in [0.2, 0.25) is 0 Å². The largest absolute Gasteiger partial charge is 0.495 e. The van der Waals surface area contributed by atoms with E-state index in [0.29, 0.717) is 21.6 Å². The maximum absolute atomic E-state index is 13.9. The second-order valence-electron chi connectivity index (χ2n) is 4.67. The predicted molar refractivity (Wildman–Crippen MR) is 89.4 cm³/mol. The minimum absolute atomic E-state index is 0.0971. The molecule has 0 aliphatic rings. The van der Waals surface area contributed by atoms with Gasteiger partial charge in [-0.3, -0.25) is 9.59 Å². The fourth-order valence-electron chi connectivity index (χ4n) is 1.95. The van der Waals surface area contributed by atoms with Gasteiger partial charge in [-0.05, 0) is 36.4 Å². The molecule has 0 saturated carbocycles. The van der Waals surface area contributed by atoms with E-state index in [0.717, 1.165) is 0 Å². The molecule has 0 spiro atoms. The third-order valence-electron chi connectivity index (χ3n) is 2.94. The lowest BCUT2D eigenvalue weighted by Crippen LogP contribution is -2.15. The summed E-state index contributed by atoms with van der Waals surface area (Å²) < 4.78 is 19.6. The summed E-state index contributed by atoms with van der Waals surface area (Å²) in [5, 5.41) is 5.18. The van der Waals surface area contributed by atoms with E-state index < -0.39 is 11.7 Å². The highest BCUT2D eigenvalue weighted by atomic mass is 79.9. The molecule has 0 aromatic heterocycles. The molecule has 2 amide bonds. The molecule has 0 aliphatic carbocycles. The summed E-state index contributed by atoms with van der Waals surface area (Å²) in [6.07, 6.45) is 0. The number of hydrogen-bond donors (Lipinski definition) is 2. The zero-order valence-electron chi connectivity index (χ0n) is 12.4. The number of amides is 2. The van der Waals surface area contributed by atoms with Crippen LogP contribution in [0.1, 0.15) is 17.3 Å². The number of nitrogens with one attached hydrogen (secondary N) is 2. The van der Waals surface area contributed by atoms with E-state index >= 15 is 0 Å². The highest BCUT2D eigenvalue weighted by Crippen LogP contribution is 2.28. The van der Waals surface area contributed by atoms with Crippen molar-refractivity contribution in [3.8, 4) is 5.75 Å². The van der Waals surface area contributed by atoms with E-state index in [1.165, 1.54) is 32.2 Å². The summed E-state index contributed by atoms with van der Waals surface area (Å²) in [7, 11) is 1.45. The van der Waals surface area contributed by atoms with E-state index in [1.54, 1.807) is 18.2 Å². The Morgan fingerprint density at radius 1 is 1.13 bits per heavy atom. The molecular formula is C16H14BrFN2O3. The SMILES string of the molecule is COc1ccc(NC(C)=O)cc1NC(=O)c1ccc(Br)cc1F. The molecule has 2 aromatic carbocycles. The number of ether oxygens (including phenoxy) is 1. The number of benzene rings is 2. The molecule has 2 N–H and O–H groups in total. The van der Waals surface area contributed by atoms with Crippen LogP contribution >= 0.6 is 15.9 Å². The molecule has 23 heavy (non-hydrogen) atoms. The average molecular weight is 381 g/mol. The first-order valence-corrected chi connectivity index (χ1v) is 7.42. The number of halogens is 2. The number of anilines is 2. The molecule has 0 heterocycles. The first-order valence-electron chi connectivity index (χ1n) is 6.62. The third kappa shape index (κ3) is 4.29. The van der Waals surface area contributed by atoms with Crippen molar-refractivity contribution in [3.05, 3.63) is 52.3 Å². The third-order valence-corrected chi connectivity index (χ3v) is 3.44. The molecule has 0 atom stereocenters. The average Bonchev–Trinajstić information content (AvgIpc) is 2.46. The van der Waals surface area contributed by atoms with E-state index in [1.807, 2.05) is 0 Å². The molecule has 2 rings (SSSR count). The molecule has 0 saturated heterocycles. The highest BCUT2D eigenvalue weighted by molar-refractivity contribution is 9.10. The van der Waals surface area contributed by atoms with Gasteiger partial charge in [0.25, 0.3) is 5.91 Å². The highest BCUT2D eigenvalue weighted by Gasteiger charge is 2.15. The molecule has 5 nitrogen and oxygen atoms in total. The molecule has 7 heteroatoms. The predicted octanol–water partition coefficient (Wildman–Crippen LogP) is 3.81. The second kappa shape index (κ2) is 7.23. The van der Waals surface area contributed by atoms with Crippen molar-refractivity contribution in [2.45, 2.75) is 6.92 Å². The smallest absolute Gasteiger partial charge is 0.258 e. The number of rotatable bonds is 4.